The maximum atomic E-state index is 11.0. The third kappa shape index (κ3) is 13.5. The number of likely N-dealkylation sites (tertiary alicyclic amines) is 1. The predicted octanol–water partition coefficient (Wildman–Crippen LogP) is 3.96. The highest BCUT2D eigenvalue weighted by molar-refractivity contribution is 5.79. The van der Waals surface area contributed by atoms with Crippen LogP contribution in [-0.2, 0) is 9.59 Å². The van der Waals surface area contributed by atoms with E-state index in [2.05, 4.69) is 4.90 Å². The minimum atomic E-state index is 0.210. The Morgan fingerprint density at radius 2 is 1.26 bits per heavy atom. The third-order valence-electron chi connectivity index (χ3n) is 2.61. The number of piperidine rings is 1. The molecule has 0 spiro atoms. The molecule has 0 amide bonds. The van der Waals surface area contributed by atoms with Crippen LogP contribution in [0, 0.1) is 5.92 Å². The van der Waals surface area contributed by atoms with Crippen molar-refractivity contribution >= 4 is 11.6 Å². The van der Waals surface area contributed by atoms with Gasteiger partial charge in [0.05, 0.1) is 6.54 Å². The molecule has 0 aromatic heterocycles. The van der Waals surface area contributed by atoms with Gasteiger partial charge >= 0.3 is 0 Å². The molecule has 0 atom stereocenters. The van der Waals surface area contributed by atoms with Gasteiger partial charge in [0.1, 0.15) is 11.6 Å². The third-order valence-corrected chi connectivity index (χ3v) is 2.61. The van der Waals surface area contributed by atoms with Crippen LogP contribution in [0.3, 0.4) is 0 Å². The van der Waals surface area contributed by atoms with Crippen molar-refractivity contribution in [1.82, 2.24) is 4.90 Å². The van der Waals surface area contributed by atoms with Crippen LogP contribution in [0.25, 0.3) is 0 Å². The highest BCUT2D eigenvalue weighted by Crippen LogP contribution is 2.17. The summed E-state index contributed by atoms with van der Waals surface area (Å²) in [4.78, 5) is 24.0. The topological polar surface area (TPSA) is 37.4 Å². The van der Waals surface area contributed by atoms with Gasteiger partial charge in [0.15, 0.2) is 0 Å². The van der Waals surface area contributed by atoms with Crippen molar-refractivity contribution in [1.29, 1.82) is 0 Å². The largest absolute Gasteiger partial charge is 0.300 e. The molecule has 1 aliphatic heterocycles. The van der Waals surface area contributed by atoms with Crippen LogP contribution in [0.15, 0.2) is 0 Å². The molecule has 116 valence electrons. The lowest BCUT2D eigenvalue weighted by Crippen LogP contribution is -2.38. The van der Waals surface area contributed by atoms with E-state index in [0.717, 1.165) is 25.9 Å². The van der Waals surface area contributed by atoms with Gasteiger partial charge in [-0.3, -0.25) is 14.5 Å². The highest BCUT2D eigenvalue weighted by Gasteiger charge is 2.22. The first-order chi connectivity index (χ1) is 9.09. The van der Waals surface area contributed by atoms with Gasteiger partial charge < -0.3 is 0 Å². The highest BCUT2D eigenvalue weighted by atomic mass is 16.1. The van der Waals surface area contributed by atoms with E-state index >= 15 is 0 Å². The summed E-state index contributed by atoms with van der Waals surface area (Å²) in [6.07, 6.45) is 1.84. The number of Topliss-reactive ketones (excluding diaryl/α,β-unsaturated/α-hetero) is 2. The van der Waals surface area contributed by atoms with Gasteiger partial charge in [-0.2, -0.15) is 0 Å². The molecule has 0 bridgehead atoms. The second-order valence-corrected chi connectivity index (χ2v) is 3.86. The van der Waals surface area contributed by atoms with Gasteiger partial charge in [0, 0.05) is 5.92 Å². The molecule has 19 heavy (non-hydrogen) atoms. The van der Waals surface area contributed by atoms with E-state index in [1.54, 1.807) is 13.8 Å². The summed E-state index contributed by atoms with van der Waals surface area (Å²) in [5, 5.41) is 0. The number of hydrogen-bond acceptors (Lipinski definition) is 3. The number of carbonyl (C=O) groups is 2. The molecule has 0 radical (unpaired) electrons. The van der Waals surface area contributed by atoms with E-state index in [9.17, 15) is 9.59 Å². The average molecular weight is 273 g/mol. The maximum Gasteiger partial charge on any atom is 0.143 e. The molecule has 0 aliphatic carbocycles. The predicted molar refractivity (Wildman–Crippen MR) is 84.6 cm³/mol. The molecule has 0 N–H and O–H groups in total. The molecular formula is C16H35NO2. The van der Waals surface area contributed by atoms with Gasteiger partial charge in [-0.15, -0.1) is 0 Å². The molecular weight excluding hydrogens is 238 g/mol. The first-order valence-corrected chi connectivity index (χ1v) is 7.82. The van der Waals surface area contributed by atoms with Crippen molar-refractivity contribution < 1.29 is 9.59 Å². The van der Waals surface area contributed by atoms with Crippen LogP contribution in [0.4, 0.5) is 0 Å². The first-order valence-electron chi connectivity index (χ1n) is 7.82. The van der Waals surface area contributed by atoms with Crippen LogP contribution in [0.5, 0.6) is 0 Å². The summed E-state index contributed by atoms with van der Waals surface area (Å²) >= 11 is 0. The Morgan fingerprint density at radius 3 is 1.53 bits per heavy atom. The van der Waals surface area contributed by atoms with Crippen LogP contribution >= 0.6 is 0 Å². The van der Waals surface area contributed by atoms with Crippen LogP contribution < -0.4 is 0 Å². The van der Waals surface area contributed by atoms with Crippen LogP contribution in [-0.4, -0.2) is 36.1 Å². The van der Waals surface area contributed by atoms with Crippen LogP contribution in [0.1, 0.15) is 68.2 Å². The molecule has 1 fully saturated rings. The van der Waals surface area contributed by atoms with E-state index in [1.807, 2.05) is 41.5 Å². The fourth-order valence-electron chi connectivity index (χ4n) is 1.81. The quantitative estimate of drug-likeness (QED) is 0.781. The zero-order valence-corrected chi connectivity index (χ0v) is 14.4. The SMILES string of the molecule is CC.CC.CC.CC(=O)CN1CCC(C(C)=O)CC1. The van der Waals surface area contributed by atoms with Gasteiger partial charge in [0.2, 0.25) is 0 Å². The molecule has 0 aromatic rings. The van der Waals surface area contributed by atoms with Crippen molar-refractivity contribution in [3.63, 3.8) is 0 Å². The fraction of sp³-hybridized carbons (Fsp3) is 0.875. The second kappa shape index (κ2) is 17.3. The van der Waals surface area contributed by atoms with Crippen molar-refractivity contribution in [3.05, 3.63) is 0 Å². The smallest absolute Gasteiger partial charge is 0.143 e. The Balaban J connectivity index is -0.000000375. The standard InChI is InChI=1S/C10H17NO2.3C2H6/c1-8(12)7-11-5-3-10(4-6-11)9(2)13;3*1-2/h10H,3-7H2,1-2H3;3*1-2H3. The number of rotatable bonds is 3. The summed E-state index contributed by atoms with van der Waals surface area (Å²) in [6, 6.07) is 0. The average Bonchev–Trinajstić information content (AvgIpc) is 2.45. The minimum absolute atomic E-state index is 0.210. The van der Waals surface area contributed by atoms with Crippen LogP contribution in [0.2, 0.25) is 0 Å². The molecule has 3 heteroatoms. The first kappa shape index (κ1) is 23.4. The Morgan fingerprint density at radius 1 is 0.895 bits per heavy atom. The van der Waals surface area contributed by atoms with Gasteiger partial charge in [0.25, 0.3) is 0 Å². The molecule has 1 rings (SSSR count). The summed E-state index contributed by atoms with van der Waals surface area (Å²) in [5.74, 6) is 0.743. The zero-order chi connectivity index (χ0) is 15.8. The van der Waals surface area contributed by atoms with Gasteiger partial charge in [-0.05, 0) is 39.8 Å². The number of hydrogen-bond donors (Lipinski definition) is 0. The molecule has 1 saturated heterocycles. The van der Waals surface area contributed by atoms with Crippen molar-refractivity contribution in [2.24, 2.45) is 5.92 Å². The summed E-state index contributed by atoms with van der Waals surface area (Å²) < 4.78 is 0. The summed E-state index contributed by atoms with van der Waals surface area (Å²) in [5.41, 5.74) is 0. The Bertz CT molecular complexity index is 207. The van der Waals surface area contributed by atoms with Gasteiger partial charge in [-0.1, -0.05) is 41.5 Å². The molecule has 0 saturated carbocycles. The molecule has 3 nitrogen and oxygen atoms in total. The van der Waals surface area contributed by atoms with E-state index in [0.29, 0.717) is 12.3 Å². The molecule has 0 unspecified atom stereocenters. The van der Waals surface area contributed by atoms with E-state index < -0.39 is 0 Å². The number of nitrogens with zero attached hydrogens (tertiary/aromatic N) is 1. The minimum Gasteiger partial charge on any atom is -0.300 e. The zero-order valence-electron chi connectivity index (χ0n) is 14.4. The van der Waals surface area contributed by atoms with E-state index in [4.69, 9.17) is 0 Å². The fourth-order valence-corrected chi connectivity index (χ4v) is 1.81. The molecule has 1 heterocycles. The van der Waals surface area contributed by atoms with Gasteiger partial charge in [-0.25, -0.2) is 0 Å². The van der Waals surface area contributed by atoms with E-state index in [-0.39, 0.29) is 11.7 Å². The summed E-state index contributed by atoms with van der Waals surface area (Å²) in [7, 11) is 0. The van der Waals surface area contributed by atoms with Crippen molar-refractivity contribution in [3.8, 4) is 0 Å². The lowest BCUT2D eigenvalue weighted by atomic mass is 9.93. The Kier molecular flexibility index (Phi) is 21.3. The summed E-state index contributed by atoms with van der Waals surface area (Å²) in [6.45, 7) is 17.6. The number of ketones is 2. The normalized spacial score (nSPS) is 14.7. The van der Waals surface area contributed by atoms with E-state index in [1.165, 1.54) is 0 Å². The monoisotopic (exact) mass is 273 g/mol. The Hall–Kier alpha value is -0.700. The lowest BCUT2D eigenvalue weighted by molar-refractivity contribution is -0.122. The lowest BCUT2D eigenvalue weighted by Gasteiger charge is -2.29. The van der Waals surface area contributed by atoms with Crippen molar-refractivity contribution in [2.45, 2.75) is 68.2 Å². The number of carbonyl (C=O) groups excluding carboxylic acids is 2. The molecule has 1 aliphatic rings. The Labute approximate surface area is 120 Å². The molecule has 0 aromatic carbocycles. The second-order valence-electron chi connectivity index (χ2n) is 3.86. The van der Waals surface area contributed by atoms with Crippen molar-refractivity contribution in [2.75, 3.05) is 19.6 Å². The maximum absolute atomic E-state index is 11.0.